The lowest BCUT2D eigenvalue weighted by Gasteiger charge is -2.17. The van der Waals surface area contributed by atoms with Gasteiger partial charge >= 0.3 is 0 Å². The molecule has 2 aromatic rings. The molecule has 5 nitrogen and oxygen atoms in total. The van der Waals surface area contributed by atoms with E-state index in [2.05, 4.69) is 10.3 Å². The smallest absolute Gasteiger partial charge is 0.237 e. The van der Waals surface area contributed by atoms with Crippen LogP contribution in [0.1, 0.15) is 25.8 Å². The van der Waals surface area contributed by atoms with Gasteiger partial charge in [-0.15, -0.1) is 0 Å². The summed E-state index contributed by atoms with van der Waals surface area (Å²) in [6.07, 6.45) is 3.70. The van der Waals surface area contributed by atoms with Gasteiger partial charge < -0.3 is 20.8 Å². The third kappa shape index (κ3) is 3.95. The molecule has 0 aliphatic carbocycles. The van der Waals surface area contributed by atoms with E-state index in [4.69, 9.17) is 5.73 Å². The molecule has 0 aliphatic heterocycles. The van der Waals surface area contributed by atoms with Crippen LogP contribution in [0, 0.1) is 5.92 Å². The average molecular weight is 301 g/mol. The van der Waals surface area contributed by atoms with Crippen molar-refractivity contribution in [1.82, 2.24) is 10.3 Å². The zero-order valence-corrected chi connectivity index (χ0v) is 13.0. The Labute approximate surface area is 130 Å². The molecule has 118 valence electrons. The number of aromatic nitrogens is 1. The number of aromatic amines is 1. The van der Waals surface area contributed by atoms with Crippen molar-refractivity contribution in [3.05, 3.63) is 36.0 Å². The van der Waals surface area contributed by atoms with Gasteiger partial charge in [-0.05, 0) is 24.0 Å². The van der Waals surface area contributed by atoms with E-state index in [0.717, 1.165) is 22.8 Å². The molecule has 0 saturated heterocycles. The first-order valence-electron chi connectivity index (χ1n) is 7.57. The fourth-order valence-electron chi connectivity index (χ4n) is 2.58. The highest BCUT2D eigenvalue weighted by Crippen LogP contribution is 2.18. The number of hydrogen-bond donors (Lipinski definition) is 3. The van der Waals surface area contributed by atoms with Gasteiger partial charge in [0.15, 0.2) is 0 Å². The van der Waals surface area contributed by atoms with Crippen LogP contribution in [0.15, 0.2) is 30.5 Å². The van der Waals surface area contributed by atoms with E-state index in [0.29, 0.717) is 18.8 Å². The maximum Gasteiger partial charge on any atom is 0.237 e. The Kier molecular flexibility index (Phi) is 5.33. The summed E-state index contributed by atoms with van der Waals surface area (Å²) in [6.45, 7) is 4.02. The molecule has 0 radical (unpaired) electrons. The second-order valence-electron chi connectivity index (χ2n) is 6.05. The average Bonchev–Trinajstić information content (AvgIpc) is 2.89. The Morgan fingerprint density at radius 3 is 2.77 bits per heavy atom. The monoisotopic (exact) mass is 301 g/mol. The Hall–Kier alpha value is -2.14. The molecule has 0 aliphatic rings. The summed E-state index contributed by atoms with van der Waals surface area (Å²) < 4.78 is 0. The van der Waals surface area contributed by atoms with Crippen molar-refractivity contribution >= 4 is 23.1 Å². The molecule has 1 heterocycles. The van der Waals surface area contributed by atoms with E-state index in [1.165, 1.54) is 0 Å². The number of carbonyl (C=O) groups is 2. The summed E-state index contributed by atoms with van der Waals surface area (Å²) in [4.78, 5) is 26.5. The number of rotatable bonds is 7. The highest BCUT2D eigenvalue weighted by Gasteiger charge is 2.19. The SMILES string of the molecule is CC(C)C[C@@H](N)C(=O)N[C@@H](C=O)Cc1c[nH]c2ccccc12. The first-order chi connectivity index (χ1) is 10.5. The van der Waals surface area contributed by atoms with Crippen LogP contribution in [-0.4, -0.2) is 29.3 Å². The van der Waals surface area contributed by atoms with Crippen LogP contribution >= 0.6 is 0 Å². The number of hydrogen-bond acceptors (Lipinski definition) is 3. The van der Waals surface area contributed by atoms with Crippen molar-refractivity contribution in [3.8, 4) is 0 Å². The highest BCUT2D eigenvalue weighted by molar-refractivity contribution is 5.86. The van der Waals surface area contributed by atoms with Gasteiger partial charge in [0.2, 0.25) is 5.91 Å². The highest BCUT2D eigenvalue weighted by atomic mass is 16.2. The molecule has 1 aromatic carbocycles. The van der Waals surface area contributed by atoms with E-state index < -0.39 is 12.1 Å². The minimum absolute atomic E-state index is 0.273. The van der Waals surface area contributed by atoms with Gasteiger partial charge in [-0.1, -0.05) is 32.0 Å². The molecule has 4 N–H and O–H groups in total. The van der Waals surface area contributed by atoms with Crippen molar-refractivity contribution in [2.75, 3.05) is 0 Å². The number of amides is 1. The third-order valence-corrected chi connectivity index (χ3v) is 3.67. The van der Waals surface area contributed by atoms with Crippen molar-refractivity contribution < 1.29 is 9.59 Å². The number of aldehydes is 1. The van der Waals surface area contributed by atoms with Gasteiger partial charge in [0.1, 0.15) is 6.29 Å². The molecule has 1 amide bonds. The lowest BCUT2D eigenvalue weighted by atomic mass is 10.0. The van der Waals surface area contributed by atoms with Crippen molar-refractivity contribution in [3.63, 3.8) is 0 Å². The van der Waals surface area contributed by atoms with Crippen LogP contribution in [0.5, 0.6) is 0 Å². The summed E-state index contributed by atoms with van der Waals surface area (Å²) in [6, 6.07) is 6.73. The fourth-order valence-corrected chi connectivity index (χ4v) is 2.58. The van der Waals surface area contributed by atoms with Crippen molar-refractivity contribution in [2.24, 2.45) is 11.7 Å². The summed E-state index contributed by atoms with van der Waals surface area (Å²) in [5.41, 5.74) is 7.87. The molecule has 0 unspecified atom stereocenters. The summed E-state index contributed by atoms with van der Waals surface area (Å²) in [7, 11) is 0. The van der Waals surface area contributed by atoms with Gasteiger partial charge in [0.25, 0.3) is 0 Å². The van der Waals surface area contributed by atoms with Gasteiger partial charge in [0.05, 0.1) is 12.1 Å². The number of nitrogens with two attached hydrogens (primary N) is 1. The number of nitrogens with one attached hydrogen (secondary N) is 2. The van der Waals surface area contributed by atoms with E-state index >= 15 is 0 Å². The molecule has 0 saturated carbocycles. The standard InChI is InChI=1S/C17H23N3O2/c1-11(2)7-15(18)17(22)20-13(10-21)8-12-9-19-16-6-4-3-5-14(12)16/h3-6,9-11,13,15,19H,7-8,18H2,1-2H3,(H,20,22)/t13-,15-/m1/s1. The summed E-state index contributed by atoms with van der Waals surface area (Å²) in [5.74, 6) is 0.0645. The Balaban J connectivity index is 2.03. The zero-order valence-electron chi connectivity index (χ0n) is 13.0. The number of carbonyl (C=O) groups excluding carboxylic acids is 2. The minimum Gasteiger partial charge on any atom is -0.361 e. The summed E-state index contributed by atoms with van der Waals surface area (Å²) in [5, 5.41) is 3.79. The molecule has 1 aromatic heterocycles. The van der Waals surface area contributed by atoms with Gasteiger partial charge in [-0.3, -0.25) is 4.79 Å². The third-order valence-electron chi connectivity index (χ3n) is 3.67. The molecule has 5 heteroatoms. The maximum atomic E-state index is 12.0. The first-order valence-corrected chi connectivity index (χ1v) is 7.57. The van der Waals surface area contributed by atoms with Crippen LogP contribution in [0.25, 0.3) is 10.9 Å². The van der Waals surface area contributed by atoms with E-state index in [-0.39, 0.29) is 5.91 Å². The Bertz CT molecular complexity index is 648. The van der Waals surface area contributed by atoms with Crippen LogP contribution in [0.3, 0.4) is 0 Å². The lowest BCUT2D eigenvalue weighted by molar-refractivity contribution is -0.125. The van der Waals surface area contributed by atoms with Crippen LogP contribution in [-0.2, 0) is 16.0 Å². The molecule has 2 atom stereocenters. The second-order valence-corrected chi connectivity index (χ2v) is 6.05. The number of H-pyrrole nitrogens is 1. The van der Waals surface area contributed by atoms with Gasteiger partial charge in [-0.2, -0.15) is 0 Å². The van der Waals surface area contributed by atoms with Gasteiger partial charge in [-0.25, -0.2) is 0 Å². The molecule has 0 spiro atoms. The second kappa shape index (κ2) is 7.22. The molecule has 0 bridgehead atoms. The van der Waals surface area contributed by atoms with Crippen LogP contribution < -0.4 is 11.1 Å². The minimum atomic E-state index is -0.578. The summed E-state index contributed by atoms with van der Waals surface area (Å²) >= 11 is 0. The maximum absolute atomic E-state index is 12.0. The number of fused-ring (bicyclic) bond motifs is 1. The van der Waals surface area contributed by atoms with E-state index in [9.17, 15) is 9.59 Å². The zero-order chi connectivity index (χ0) is 16.1. The molecule has 2 rings (SSSR count). The quantitative estimate of drug-likeness (QED) is 0.681. The molecular weight excluding hydrogens is 278 g/mol. The fraction of sp³-hybridized carbons (Fsp3) is 0.412. The van der Waals surface area contributed by atoms with Gasteiger partial charge in [0, 0.05) is 23.5 Å². The number of para-hydroxylation sites is 1. The molecule has 0 fully saturated rings. The molecule has 22 heavy (non-hydrogen) atoms. The van der Waals surface area contributed by atoms with E-state index in [1.807, 2.05) is 44.3 Å². The van der Waals surface area contributed by atoms with Crippen molar-refractivity contribution in [2.45, 2.75) is 38.8 Å². The Morgan fingerprint density at radius 2 is 2.09 bits per heavy atom. The Morgan fingerprint density at radius 1 is 1.36 bits per heavy atom. The van der Waals surface area contributed by atoms with Crippen LogP contribution in [0.4, 0.5) is 0 Å². The largest absolute Gasteiger partial charge is 0.361 e. The predicted molar refractivity (Wildman–Crippen MR) is 87.4 cm³/mol. The number of benzene rings is 1. The molecular formula is C17H23N3O2. The normalized spacial score (nSPS) is 14.0. The van der Waals surface area contributed by atoms with Crippen LogP contribution in [0.2, 0.25) is 0 Å². The first kappa shape index (κ1) is 16.2. The van der Waals surface area contributed by atoms with Crippen molar-refractivity contribution in [1.29, 1.82) is 0 Å². The lowest BCUT2D eigenvalue weighted by Crippen LogP contribution is -2.47. The topological polar surface area (TPSA) is 88.0 Å². The van der Waals surface area contributed by atoms with E-state index in [1.54, 1.807) is 0 Å². The predicted octanol–water partition coefficient (Wildman–Crippen LogP) is 1.77.